The Kier molecular flexibility index (Phi) is 6.20. The molecule has 0 aliphatic carbocycles. The van der Waals surface area contributed by atoms with Gasteiger partial charge >= 0.3 is 0 Å². The van der Waals surface area contributed by atoms with Crippen molar-refractivity contribution in [1.82, 2.24) is 4.90 Å². The lowest BCUT2D eigenvalue weighted by Crippen LogP contribution is -2.57. The Labute approximate surface area is 180 Å². The van der Waals surface area contributed by atoms with E-state index >= 15 is 0 Å². The van der Waals surface area contributed by atoms with Gasteiger partial charge in [0.1, 0.15) is 11.3 Å². The van der Waals surface area contributed by atoms with Crippen LogP contribution in [0.15, 0.2) is 54.3 Å². The van der Waals surface area contributed by atoms with E-state index in [-0.39, 0.29) is 11.8 Å². The van der Waals surface area contributed by atoms with Gasteiger partial charge in [0.15, 0.2) is 0 Å². The highest BCUT2D eigenvalue weighted by Gasteiger charge is 2.42. The number of methoxy groups -OCH3 is 1. The lowest BCUT2D eigenvalue weighted by Gasteiger charge is -2.40. The number of nitrogens with zero attached hydrogens (tertiary/aromatic N) is 1. The van der Waals surface area contributed by atoms with Crippen LogP contribution in [0.25, 0.3) is 5.57 Å². The zero-order valence-corrected chi connectivity index (χ0v) is 18.0. The van der Waals surface area contributed by atoms with Crippen LogP contribution >= 0.6 is 23.2 Å². The molecule has 2 aromatic carbocycles. The lowest BCUT2D eigenvalue weighted by molar-refractivity contribution is -0.140. The third kappa shape index (κ3) is 4.41. The maximum Gasteiger partial charge on any atom is 0.258 e. The second kappa shape index (κ2) is 8.47. The van der Waals surface area contributed by atoms with E-state index in [9.17, 15) is 9.59 Å². The first kappa shape index (κ1) is 21.2. The molecule has 7 heteroatoms. The van der Waals surface area contributed by atoms with Crippen LogP contribution < -0.4 is 5.32 Å². The minimum Gasteiger partial charge on any atom is -0.500 e. The molecule has 0 unspecified atom stereocenters. The Bertz CT molecular complexity index is 951. The molecule has 29 heavy (non-hydrogen) atoms. The molecular weight excluding hydrogens is 411 g/mol. The van der Waals surface area contributed by atoms with Crippen molar-refractivity contribution < 1.29 is 14.3 Å². The first-order chi connectivity index (χ1) is 13.7. The van der Waals surface area contributed by atoms with Crippen LogP contribution in [0, 0.1) is 0 Å². The summed E-state index contributed by atoms with van der Waals surface area (Å²) in [5.41, 5.74) is 0.606. The Balaban J connectivity index is 1.89. The van der Waals surface area contributed by atoms with Crippen molar-refractivity contribution in [2.45, 2.75) is 25.8 Å². The monoisotopic (exact) mass is 432 g/mol. The third-order valence-corrected chi connectivity index (χ3v) is 5.40. The van der Waals surface area contributed by atoms with Crippen LogP contribution in [0.3, 0.4) is 0 Å². The summed E-state index contributed by atoms with van der Waals surface area (Å²) in [5, 5.41) is 3.64. The number of benzene rings is 2. The molecule has 0 saturated heterocycles. The van der Waals surface area contributed by atoms with Gasteiger partial charge in [-0.15, -0.1) is 0 Å². The van der Waals surface area contributed by atoms with E-state index in [1.807, 2.05) is 30.3 Å². The molecule has 5 nitrogen and oxygen atoms in total. The van der Waals surface area contributed by atoms with Gasteiger partial charge in [0.25, 0.3) is 5.91 Å². The van der Waals surface area contributed by atoms with E-state index in [1.54, 1.807) is 44.1 Å². The smallest absolute Gasteiger partial charge is 0.258 e. The Morgan fingerprint density at radius 1 is 1.10 bits per heavy atom. The van der Waals surface area contributed by atoms with E-state index in [4.69, 9.17) is 27.9 Å². The van der Waals surface area contributed by atoms with Crippen molar-refractivity contribution in [3.63, 3.8) is 0 Å². The number of amides is 2. The van der Waals surface area contributed by atoms with Gasteiger partial charge < -0.3 is 15.0 Å². The van der Waals surface area contributed by atoms with Gasteiger partial charge in [0, 0.05) is 28.7 Å². The van der Waals surface area contributed by atoms with Gasteiger partial charge in [-0.05, 0) is 37.6 Å². The molecule has 2 amide bonds. The average molecular weight is 433 g/mol. The molecule has 152 valence electrons. The molecule has 0 spiro atoms. The number of carbonyl (C=O) groups is 2. The van der Waals surface area contributed by atoms with Crippen LogP contribution in [0.2, 0.25) is 10.0 Å². The van der Waals surface area contributed by atoms with Crippen molar-refractivity contribution in [2.24, 2.45) is 0 Å². The summed E-state index contributed by atoms with van der Waals surface area (Å²) in [7, 11) is 1.56. The first-order valence-electron chi connectivity index (χ1n) is 9.16. The Morgan fingerprint density at radius 2 is 1.72 bits per heavy atom. The fraction of sp³-hybridized carbons (Fsp3) is 0.273. The summed E-state index contributed by atoms with van der Waals surface area (Å²) in [6, 6.07) is 14.1. The number of rotatable bonds is 5. The lowest BCUT2D eigenvalue weighted by atomic mass is 9.92. The largest absolute Gasteiger partial charge is 0.500 e. The molecule has 0 aromatic heterocycles. The number of anilines is 1. The number of ether oxygens (including phenoxy) is 1. The number of hydrogen-bond donors (Lipinski definition) is 1. The fourth-order valence-electron chi connectivity index (χ4n) is 3.35. The summed E-state index contributed by atoms with van der Waals surface area (Å²) in [6.45, 7) is 3.80. The zero-order valence-electron chi connectivity index (χ0n) is 16.5. The first-order valence-corrected chi connectivity index (χ1v) is 9.91. The summed E-state index contributed by atoms with van der Waals surface area (Å²) in [5.74, 6) is 0.0383. The molecule has 0 radical (unpaired) electrons. The van der Waals surface area contributed by atoms with E-state index in [2.05, 4.69) is 5.32 Å². The quantitative estimate of drug-likeness (QED) is 0.722. The van der Waals surface area contributed by atoms with Crippen molar-refractivity contribution >= 4 is 46.3 Å². The zero-order chi connectivity index (χ0) is 21.2. The minimum atomic E-state index is -1.11. The number of nitrogens with one attached hydrogen (secondary N) is 1. The van der Waals surface area contributed by atoms with Gasteiger partial charge in [0.2, 0.25) is 5.91 Å². The molecule has 0 bridgehead atoms. The Morgan fingerprint density at radius 3 is 2.31 bits per heavy atom. The number of carbonyl (C=O) groups excluding carboxylic acids is 2. The molecular formula is C22H22Cl2N2O3. The summed E-state index contributed by atoms with van der Waals surface area (Å²) < 4.78 is 5.47. The average Bonchev–Trinajstić information content (AvgIpc) is 2.67. The second-order valence-corrected chi connectivity index (χ2v) is 8.12. The standard InChI is InChI=1S/C22H22Cl2N2O3/c1-22(2,21(28)25-17-12-15(23)11-16(24)13-17)26-10-9-18(29-3)19(20(26)27)14-7-5-4-6-8-14/h4-8,11-13H,9-10H2,1-3H3,(H,25,28). The highest BCUT2D eigenvalue weighted by atomic mass is 35.5. The highest BCUT2D eigenvalue weighted by molar-refractivity contribution is 6.35. The molecule has 1 aliphatic rings. The van der Waals surface area contributed by atoms with Crippen LogP contribution in [0.1, 0.15) is 25.8 Å². The van der Waals surface area contributed by atoms with Crippen molar-refractivity contribution in [3.8, 4) is 0 Å². The van der Waals surface area contributed by atoms with E-state index < -0.39 is 5.54 Å². The van der Waals surface area contributed by atoms with Crippen LogP contribution in [-0.2, 0) is 14.3 Å². The maximum atomic E-state index is 13.4. The maximum absolute atomic E-state index is 13.4. The van der Waals surface area contributed by atoms with Gasteiger partial charge in [-0.1, -0.05) is 53.5 Å². The Hall–Kier alpha value is -2.50. The van der Waals surface area contributed by atoms with Gasteiger partial charge in [-0.3, -0.25) is 9.59 Å². The molecule has 0 atom stereocenters. The van der Waals surface area contributed by atoms with Gasteiger partial charge in [-0.25, -0.2) is 0 Å². The second-order valence-electron chi connectivity index (χ2n) is 7.25. The van der Waals surface area contributed by atoms with E-state index in [0.717, 1.165) is 5.56 Å². The van der Waals surface area contributed by atoms with Gasteiger partial charge in [-0.2, -0.15) is 0 Å². The molecule has 1 N–H and O–H groups in total. The topological polar surface area (TPSA) is 58.6 Å². The third-order valence-electron chi connectivity index (χ3n) is 4.96. The molecule has 2 aromatic rings. The summed E-state index contributed by atoms with van der Waals surface area (Å²) in [6.07, 6.45) is 0.520. The molecule has 0 saturated carbocycles. The molecule has 3 rings (SSSR count). The molecule has 1 aliphatic heterocycles. The predicted octanol–water partition coefficient (Wildman–Crippen LogP) is 5.00. The molecule has 0 fully saturated rings. The number of hydrogen-bond acceptors (Lipinski definition) is 3. The van der Waals surface area contributed by atoms with Crippen molar-refractivity contribution in [3.05, 3.63) is 69.9 Å². The highest BCUT2D eigenvalue weighted by Crippen LogP contribution is 2.33. The molecule has 1 heterocycles. The van der Waals surface area contributed by atoms with Crippen LogP contribution in [0.4, 0.5) is 5.69 Å². The van der Waals surface area contributed by atoms with Crippen LogP contribution in [-0.4, -0.2) is 35.9 Å². The minimum absolute atomic E-state index is 0.247. The normalized spacial score (nSPS) is 14.8. The van der Waals surface area contributed by atoms with E-state index in [1.165, 1.54) is 0 Å². The SMILES string of the molecule is COC1=C(c2ccccc2)C(=O)N(C(C)(C)C(=O)Nc2cc(Cl)cc(Cl)c2)CC1. The summed E-state index contributed by atoms with van der Waals surface area (Å²) >= 11 is 12.0. The summed E-state index contributed by atoms with van der Waals surface area (Å²) in [4.78, 5) is 28.0. The predicted molar refractivity (Wildman–Crippen MR) is 116 cm³/mol. The number of halogens is 2. The van der Waals surface area contributed by atoms with Crippen LogP contribution in [0.5, 0.6) is 0 Å². The van der Waals surface area contributed by atoms with Crippen molar-refractivity contribution in [2.75, 3.05) is 19.0 Å². The van der Waals surface area contributed by atoms with Gasteiger partial charge in [0.05, 0.1) is 12.7 Å². The van der Waals surface area contributed by atoms with Crippen molar-refractivity contribution in [1.29, 1.82) is 0 Å². The fourth-order valence-corrected chi connectivity index (χ4v) is 3.88. The van der Waals surface area contributed by atoms with E-state index in [0.29, 0.717) is 40.0 Å².